The van der Waals surface area contributed by atoms with Gasteiger partial charge in [-0.15, -0.1) is 5.10 Å². The Balaban J connectivity index is 1.67. The van der Waals surface area contributed by atoms with Crippen molar-refractivity contribution in [1.29, 1.82) is 0 Å². The van der Waals surface area contributed by atoms with Crippen molar-refractivity contribution < 1.29 is 4.79 Å². The van der Waals surface area contributed by atoms with Crippen molar-refractivity contribution in [3.63, 3.8) is 0 Å². The molecular formula is C19H15ClN6OS. The predicted octanol–water partition coefficient (Wildman–Crippen LogP) is 3.88. The largest absolute Gasteiger partial charge is 0.324 e. The molecule has 0 aliphatic heterocycles. The Kier molecular flexibility index (Phi) is 5.05. The number of hydrogen-bond acceptors (Lipinski definition) is 4. The van der Waals surface area contributed by atoms with Gasteiger partial charge in [0.15, 0.2) is 5.82 Å². The highest BCUT2D eigenvalue weighted by Gasteiger charge is 2.16. The lowest BCUT2D eigenvalue weighted by Crippen LogP contribution is -2.20. The lowest BCUT2D eigenvalue weighted by molar-refractivity contribution is -0.116. The molecule has 3 aromatic heterocycles. The van der Waals surface area contributed by atoms with Crippen molar-refractivity contribution in [2.24, 2.45) is 0 Å². The van der Waals surface area contributed by atoms with Crippen LogP contribution < -0.4 is 5.32 Å². The van der Waals surface area contributed by atoms with E-state index in [1.54, 1.807) is 41.3 Å². The van der Waals surface area contributed by atoms with E-state index in [9.17, 15) is 4.79 Å². The Labute approximate surface area is 170 Å². The smallest absolute Gasteiger partial charge is 0.246 e. The summed E-state index contributed by atoms with van der Waals surface area (Å²) in [5, 5.41) is 8.00. The fourth-order valence-electron chi connectivity index (χ4n) is 2.72. The van der Waals surface area contributed by atoms with Gasteiger partial charge in [0.05, 0.1) is 0 Å². The molecule has 0 bridgehead atoms. The van der Waals surface area contributed by atoms with E-state index in [1.807, 2.05) is 41.3 Å². The monoisotopic (exact) mass is 410 g/mol. The molecule has 1 N–H and O–H groups in total. The summed E-state index contributed by atoms with van der Waals surface area (Å²) in [6, 6.07) is 14.4. The van der Waals surface area contributed by atoms with Crippen LogP contribution in [-0.4, -0.2) is 30.0 Å². The van der Waals surface area contributed by atoms with E-state index in [0.29, 0.717) is 21.3 Å². The quantitative estimate of drug-likeness (QED) is 0.507. The summed E-state index contributed by atoms with van der Waals surface area (Å²) < 4.78 is 5.48. The second-order valence-corrected chi connectivity index (χ2v) is 6.73. The lowest BCUT2D eigenvalue weighted by Gasteiger charge is -2.07. The third-order valence-electron chi connectivity index (χ3n) is 4.00. The molecule has 0 saturated carbocycles. The van der Waals surface area contributed by atoms with Gasteiger partial charge >= 0.3 is 0 Å². The van der Waals surface area contributed by atoms with Crippen LogP contribution in [0, 0.1) is 4.77 Å². The first-order valence-corrected chi connectivity index (χ1v) is 9.20. The average Bonchev–Trinajstić information content (AvgIpc) is 3.33. The standard InChI is InChI=1S/C19H15ClN6OS/c20-15-3-5-16(6-4-15)22-17(27)13-25-19(28)26(24-11-1-2-12-24)18(23-25)14-7-9-21-10-8-14/h1-12H,13H2,(H,22,27). The fourth-order valence-corrected chi connectivity index (χ4v) is 3.13. The SMILES string of the molecule is O=C(Cn1nc(-c2ccncc2)n(-n2cccc2)c1=S)Nc1ccc(Cl)cc1. The summed E-state index contributed by atoms with van der Waals surface area (Å²) in [4.78, 5) is 16.5. The number of hydrogen-bond donors (Lipinski definition) is 1. The minimum Gasteiger partial charge on any atom is -0.324 e. The van der Waals surface area contributed by atoms with Crippen molar-refractivity contribution in [2.75, 3.05) is 5.32 Å². The van der Waals surface area contributed by atoms with Gasteiger partial charge in [0.1, 0.15) is 6.54 Å². The van der Waals surface area contributed by atoms with Gasteiger partial charge in [0.2, 0.25) is 10.7 Å². The second-order valence-electron chi connectivity index (χ2n) is 5.93. The summed E-state index contributed by atoms with van der Waals surface area (Å²) in [6.45, 7) is -0.0200. The fraction of sp³-hybridized carbons (Fsp3) is 0.0526. The van der Waals surface area contributed by atoms with E-state index < -0.39 is 0 Å². The zero-order chi connectivity index (χ0) is 19.5. The number of halogens is 1. The molecule has 0 radical (unpaired) electrons. The molecule has 4 aromatic rings. The summed E-state index contributed by atoms with van der Waals surface area (Å²) in [5.41, 5.74) is 1.49. The van der Waals surface area contributed by atoms with Crippen LogP contribution in [0.15, 0.2) is 73.3 Å². The van der Waals surface area contributed by atoms with Crippen LogP contribution >= 0.6 is 23.8 Å². The number of nitrogens with one attached hydrogen (secondary N) is 1. The molecule has 1 amide bonds. The molecule has 140 valence electrons. The third-order valence-corrected chi connectivity index (χ3v) is 4.63. The number of carbonyl (C=O) groups excluding carboxylic acids is 1. The summed E-state index contributed by atoms with van der Waals surface area (Å²) in [7, 11) is 0. The van der Waals surface area contributed by atoms with Crippen molar-refractivity contribution in [1.82, 2.24) is 24.1 Å². The van der Waals surface area contributed by atoms with Crippen molar-refractivity contribution in [3.05, 3.63) is 83.1 Å². The summed E-state index contributed by atoms with van der Waals surface area (Å²) >= 11 is 11.5. The molecule has 0 aliphatic carbocycles. The van der Waals surface area contributed by atoms with Crippen LogP contribution in [0.25, 0.3) is 11.4 Å². The van der Waals surface area contributed by atoms with Crippen LogP contribution in [0.1, 0.15) is 0 Å². The Morgan fingerprint density at radius 3 is 2.43 bits per heavy atom. The van der Waals surface area contributed by atoms with E-state index in [0.717, 1.165) is 5.56 Å². The summed E-state index contributed by atoms with van der Waals surface area (Å²) in [5.74, 6) is 0.375. The van der Waals surface area contributed by atoms with Crippen molar-refractivity contribution >= 4 is 35.4 Å². The highest BCUT2D eigenvalue weighted by atomic mass is 35.5. The van der Waals surface area contributed by atoms with Gasteiger partial charge < -0.3 is 5.32 Å². The number of amides is 1. The van der Waals surface area contributed by atoms with Gasteiger partial charge in [0, 0.05) is 41.1 Å². The molecule has 3 heterocycles. The zero-order valence-electron chi connectivity index (χ0n) is 14.6. The molecule has 0 spiro atoms. The van der Waals surface area contributed by atoms with Gasteiger partial charge in [-0.3, -0.25) is 14.5 Å². The highest BCUT2D eigenvalue weighted by molar-refractivity contribution is 7.71. The molecule has 0 aliphatic rings. The first kappa shape index (κ1) is 18.1. The van der Waals surface area contributed by atoms with Crippen LogP contribution in [-0.2, 0) is 11.3 Å². The number of rotatable bonds is 5. The first-order valence-electron chi connectivity index (χ1n) is 8.41. The molecular weight excluding hydrogens is 396 g/mol. The Hall–Kier alpha value is -3.23. The lowest BCUT2D eigenvalue weighted by atomic mass is 10.2. The molecule has 0 atom stereocenters. The molecule has 0 fully saturated rings. The van der Waals surface area contributed by atoms with Gasteiger partial charge in [0.25, 0.3) is 0 Å². The number of aromatic nitrogens is 5. The average molecular weight is 411 g/mol. The van der Waals surface area contributed by atoms with Gasteiger partial charge in [-0.2, -0.15) is 0 Å². The molecule has 7 nitrogen and oxygen atoms in total. The van der Waals surface area contributed by atoms with Gasteiger partial charge in [-0.1, -0.05) is 11.6 Å². The normalized spacial score (nSPS) is 10.8. The summed E-state index contributed by atoms with van der Waals surface area (Å²) in [6.07, 6.45) is 7.09. The zero-order valence-corrected chi connectivity index (χ0v) is 16.1. The van der Waals surface area contributed by atoms with E-state index >= 15 is 0 Å². The van der Waals surface area contributed by atoms with E-state index in [-0.39, 0.29) is 12.5 Å². The second kappa shape index (κ2) is 7.79. The molecule has 1 aromatic carbocycles. The van der Waals surface area contributed by atoms with E-state index in [2.05, 4.69) is 15.4 Å². The number of pyridine rings is 1. The van der Waals surface area contributed by atoms with Gasteiger partial charge in [-0.05, 0) is 60.7 Å². The maximum absolute atomic E-state index is 12.5. The maximum Gasteiger partial charge on any atom is 0.246 e. The maximum atomic E-state index is 12.5. The van der Waals surface area contributed by atoms with Gasteiger partial charge in [-0.25, -0.2) is 9.36 Å². The topological polar surface area (TPSA) is 69.7 Å². The minimum absolute atomic E-state index is 0.0200. The Morgan fingerprint density at radius 1 is 1.07 bits per heavy atom. The number of carbonyl (C=O) groups is 1. The predicted molar refractivity (Wildman–Crippen MR) is 110 cm³/mol. The van der Waals surface area contributed by atoms with Crippen LogP contribution in [0.4, 0.5) is 5.69 Å². The first-order chi connectivity index (χ1) is 13.6. The highest BCUT2D eigenvalue weighted by Crippen LogP contribution is 2.18. The molecule has 4 rings (SSSR count). The van der Waals surface area contributed by atoms with Crippen LogP contribution in [0.3, 0.4) is 0 Å². The van der Waals surface area contributed by atoms with Crippen molar-refractivity contribution in [2.45, 2.75) is 6.54 Å². The molecule has 28 heavy (non-hydrogen) atoms. The minimum atomic E-state index is -0.239. The number of anilines is 1. The third kappa shape index (κ3) is 3.73. The number of benzene rings is 1. The Morgan fingerprint density at radius 2 is 1.75 bits per heavy atom. The van der Waals surface area contributed by atoms with Crippen LogP contribution in [0.2, 0.25) is 5.02 Å². The molecule has 9 heteroatoms. The van der Waals surface area contributed by atoms with E-state index in [1.165, 1.54) is 4.68 Å². The van der Waals surface area contributed by atoms with Crippen LogP contribution in [0.5, 0.6) is 0 Å². The molecule has 0 saturated heterocycles. The van der Waals surface area contributed by atoms with Crippen molar-refractivity contribution in [3.8, 4) is 11.4 Å². The number of nitrogens with zero attached hydrogens (tertiary/aromatic N) is 5. The molecule has 0 unspecified atom stereocenters. The van der Waals surface area contributed by atoms with E-state index in [4.69, 9.17) is 23.8 Å². The Bertz CT molecular complexity index is 1150.